The Labute approximate surface area is 177 Å². The Hall–Kier alpha value is -2.86. The fourth-order valence-corrected chi connectivity index (χ4v) is 3.68. The number of hydrogen-bond donors (Lipinski definition) is 0. The normalized spacial score (nSPS) is 16.2. The number of aryl methyl sites for hydroxylation is 1. The number of benzene rings is 1. The maximum Gasteiger partial charge on any atom is 0.331 e. The third kappa shape index (κ3) is 5.39. The van der Waals surface area contributed by atoms with E-state index in [-0.39, 0.29) is 18.5 Å². The molecule has 1 aliphatic heterocycles. The second-order valence-corrected chi connectivity index (χ2v) is 7.37. The topological polar surface area (TPSA) is 66.8 Å². The first-order valence-electron chi connectivity index (χ1n) is 10.4. The number of aromatic nitrogens is 1. The molecule has 160 valence electrons. The number of para-hydroxylation sites is 1. The van der Waals surface area contributed by atoms with Gasteiger partial charge >= 0.3 is 5.97 Å². The highest BCUT2D eigenvalue weighted by molar-refractivity contribution is 6.00. The predicted molar refractivity (Wildman–Crippen MR) is 115 cm³/mol. The van der Waals surface area contributed by atoms with Crippen LogP contribution < -0.4 is 4.74 Å². The molecule has 1 fully saturated rings. The second-order valence-electron chi connectivity index (χ2n) is 7.37. The summed E-state index contributed by atoms with van der Waals surface area (Å²) in [5.41, 5.74) is 3.25. The van der Waals surface area contributed by atoms with Crippen LogP contribution in [-0.2, 0) is 20.8 Å². The number of rotatable bonds is 9. The molecule has 0 bridgehead atoms. The van der Waals surface area contributed by atoms with E-state index in [4.69, 9.17) is 14.2 Å². The molecule has 0 radical (unpaired) electrons. The Morgan fingerprint density at radius 1 is 1.27 bits per heavy atom. The summed E-state index contributed by atoms with van der Waals surface area (Å²) < 4.78 is 18.5. The summed E-state index contributed by atoms with van der Waals surface area (Å²) in [4.78, 5) is 24.7. The monoisotopic (exact) mass is 411 g/mol. The molecule has 30 heavy (non-hydrogen) atoms. The molecule has 1 atom stereocenters. The molecule has 1 aromatic heterocycles. The van der Waals surface area contributed by atoms with Gasteiger partial charge in [0.05, 0.1) is 12.7 Å². The van der Waals surface area contributed by atoms with Crippen molar-refractivity contribution in [2.24, 2.45) is 0 Å². The molecule has 0 amide bonds. The molecule has 2 aromatic rings. The number of carbonyl (C=O) groups excluding carboxylic acids is 2. The van der Waals surface area contributed by atoms with Crippen LogP contribution in [0, 0.1) is 13.8 Å². The third-order valence-electron chi connectivity index (χ3n) is 5.25. The van der Waals surface area contributed by atoms with Gasteiger partial charge in [-0.25, -0.2) is 4.79 Å². The maximum absolute atomic E-state index is 12.6. The molecular weight excluding hydrogens is 382 g/mol. The second kappa shape index (κ2) is 10.3. The van der Waals surface area contributed by atoms with Crippen molar-refractivity contribution in [2.75, 3.05) is 19.8 Å². The summed E-state index contributed by atoms with van der Waals surface area (Å²) >= 11 is 0. The minimum absolute atomic E-state index is 0.195. The van der Waals surface area contributed by atoms with Crippen molar-refractivity contribution >= 4 is 17.8 Å². The highest BCUT2D eigenvalue weighted by Crippen LogP contribution is 2.21. The van der Waals surface area contributed by atoms with Gasteiger partial charge in [0.1, 0.15) is 5.75 Å². The molecule has 6 heteroatoms. The van der Waals surface area contributed by atoms with Crippen molar-refractivity contribution in [1.82, 2.24) is 4.57 Å². The quantitative estimate of drug-likeness (QED) is 0.353. The first-order chi connectivity index (χ1) is 14.5. The van der Waals surface area contributed by atoms with Crippen molar-refractivity contribution in [3.05, 3.63) is 58.9 Å². The number of ether oxygens (including phenoxy) is 3. The number of hydrogen-bond acceptors (Lipinski definition) is 5. The molecule has 1 unspecified atom stereocenters. The minimum Gasteiger partial charge on any atom is -0.493 e. The zero-order chi connectivity index (χ0) is 21.5. The average molecular weight is 411 g/mol. The largest absolute Gasteiger partial charge is 0.493 e. The number of nitrogens with zero attached hydrogens (tertiary/aromatic N) is 1. The highest BCUT2D eigenvalue weighted by atomic mass is 16.5. The van der Waals surface area contributed by atoms with Crippen molar-refractivity contribution in [3.63, 3.8) is 0 Å². The van der Waals surface area contributed by atoms with Crippen LogP contribution in [0.25, 0.3) is 6.08 Å². The summed E-state index contributed by atoms with van der Waals surface area (Å²) in [6.07, 6.45) is 5.25. The van der Waals surface area contributed by atoms with Gasteiger partial charge in [0, 0.05) is 41.7 Å². The number of esters is 1. The van der Waals surface area contributed by atoms with Crippen LogP contribution >= 0.6 is 0 Å². The van der Waals surface area contributed by atoms with Gasteiger partial charge < -0.3 is 18.8 Å². The molecule has 6 nitrogen and oxygen atoms in total. The summed E-state index contributed by atoms with van der Waals surface area (Å²) in [6, 6.07) is 9.28. The minimum atomic E-state index is -0.567. The van der Waals surface area contributed by atoms with E-state index in [9.17, 15) is 9.59 Å². The van der Waals surface area contributed by atoms with Crippen molar-refractivity contribution in [3.8, 4) is 5.75 Å². The van der Waals surface area contributed by atoms with Gasteiger partial charge in [-0.2, -0.15) is 0 Å². The van der Waals surface area contributed by atoms with Crippen molar-refractivity contribution in [2.45, 2.75) is 46.3 Å². The molecule has 2 heterocycles. The molecule has 0 spiro atoms. The zero-order valence-electron chi connectivity index (χ0n) is 17.8. The van der Waals surface area contributed by atoms with Crippen LogP contribution in [0.5, 0.6) is 5.75 Å². The Bertz CT molecular complexity index is 922. The summed E-state index contributed by atoms with van der Waals surface area (Å²) in [7, 11) is 0. The van der Waals surface area contributed by atoms with Gasteiger partial charge in [0.25, 0.3) is 0 Å². The Balaban J connectivity index is 1.58. The average Bonchev–Trinajstić information content (AvgIpc) is 3.35. The summed E-state index contributed by atoms with van der Waals surface area (Å²) in [5.74, 6) is -0.0835. The van der Waals surface area contributed by atoms with E-state index in [0.29, 0.717) is 17.9 Å². The van der Waals surface area contributed by atoms with E-state index in [1.54, 1.807) is 6.08 Å². The van der Waals surface area contributed by atoms with Crippen LogP contribution in [0.1, 0.15) is 47.1 Å². The summed E-state index contributed by atoms with van der Waals surface area (Å²) in [5, 5.41) is 0. The summed E-state index contributed by atoms with van der Waals surface area (Å²) in [6.45, 7) is 7.58. The molecule has 3 rings (SSSR count). The van der Waals surface area contributed by atoms with Crippen LogP contribution in [0.4, 0.5) is 0 Å². The number of carbonyl (C=O) groups is 2. The van der Waals surface area contributed by atoms with E-state index in [1.165, 1.54) is 6.08 Å². The molecule has 1 saturated heterocycles. The lowest BCUT2D eigenvalue weighted by Crippen LogP contribution is -2.18. The predicted octanol–water partition coefficient (Wildman–Crippen LogP) is 4.12. The van der Waals surface area contributed by atoms with Crippen molar-refractivity contribution in [1.29, 1.82) is 0 Å². The number of Topliss-reactive ketones (excluding diaryl/α,β-unsaturated/α-hetero) is 1. The molecular formula is C24H29NO5. The lowest BCUT2D eigenvalue weighted by atomic mass is 10.1. The van der Waals surface area contributed by atoms with Gasteiger partial charge in [-0.05, 0) is 51.8 Å². The molecule has 0 saturated carbocycles. The van der Waals surface area contributed by atoms with Gasteiger partial charge in [-0.1, -0.05) is 18.2 Å². The number of ketones is 1. The molecule has 1 aliphatic rings. The van der Waals surface area contributed by atoms with E-state index >= 15 is 0 Å². The molecule has 1 aromatic carbocycles. The lowest BCUT2D eigenvalue weighted by molar-refractivity contribution is -0.136. The third-order valence-corrected chi connectivity index (χ3v) is 5.25. The molecule has 0 N–H and O–H groups in total. The fraction of sp³-hybridized carbons (Fsp3) is 0.417. The van der Waals surface area contributed by atoms with Crippen molar-refractivity contribution < 1.29 is 23.8 Å². The smallest absolute Gasteiger partial charge is 0.331 e. The standard InChI is InChI=1S/C24H29NO5/c1-4-28-23-10-6-5-8-19(23)11-12-24(27)30-16-22(26)21-14-17(2)25(18(21)3)15-20-9-7-13-29-20/h5-6,8,10-12,14,20H,4,7,9,13,15-16H2,1-3H3/b12-11+. The highest BCUT2D eigenvalue weighted by Gasteiger charge is 2.21. The van der Waals surface area contributed by atoms with Crippen LogP contribution in [0.15, 0.2) is 36.4 Å². The van der Waals surface area contributed by atoms with Crippen LogP contribution in [-0.4, -0.2) is 42.2 Å². The first-order valence-corrected chi connectivity index (χ1v) is 10.4. The first kappa shape index (κ1) is 21.8. The zero-order valence-corrected chi connectivity index (χ0v) is 17.8. The Morgan fingerprint density at radius 2 is 2.07 bits per heavy atom. The maximum atomic E-state index is 12.6. The van der Waals surface area contributed by atoms with Gasteiger partial charge in [-0.3, -0.25) is 4.79 Å². The Kier molecular flexibility index (Phi) is 7.46. The molecule has 0 aliphatic carbocycles. The van der Waals surface area contributed by atoms with Gasteiger partial charge in [-0.15, -0.1) is 0 Å². The Morgan fingerprint density at radius 3 is 2.80 bits per heavy atom. The van der Waals surface area contributed by atoms with Gasteiger partial charge in [0.2, 0.25) is 5.78 Å². The van der Waals surface area contributed by atoms with E-state index in [2.05, 4.69) is 4.57 Å². The van der Waals surface area contributed by atoms with Crippen LogP contribution in [0.2, 0.25) is 0 Å². The lowest BCUT2D eigenvalue weighted by Gasteiger charge is -2.14. The van der Waals surface area contributed by atoms with E-state index in [0.717, 1.165) is 42.9 Å². The van der Waals surface area contributed by atoms with Crippen LogP contribution in [0.3, 0.4) is 0 Å². The van der Waals surface area contributed by atoms with E-state index < -0.39 is 5.97 Å². The van der Waals surface area contributed by atoms with Gasteiger partial charge in [0.15, 0.2) is 6.61 Å². The SMILES string of the molecule is CCOc1ccccc1/C=C/C(=O)OCC(=O)c1cc(C)n(CC2CCCO2)c1C. The fourth-order valence-electron chi connectivity index (χ4n) is 3.68. The van der Waals surface area contributed by atoms with E-state index in [1.807, 2.05) is 51.1 Å².